The van der Waals surface area contributed by atoms with Gasteiger partial charge in [-0.25, -0.2) is 4.79 Å². The summed E-state index contributed by atoms with van der Waals surface area (Å²) in [6, 6.07) is 13.9. The van der Waals surface area contributed by atoms with Crippen LogP contribution in [0.1, 0.15) is 23.1 Å². The second kappa shape index (κ2) is 9.83. The third kappa shape index (κ3) is 7.04. The van der Waals surface area contributed by atoms with Crippen molar-refractivity contribution < 1.29 is 24.6 Å². The maximum atomic E-state index is 11.8. The van der Waals surface area contributed by atoms with Crippen molar-refractivity contribution in [3.05, 3.63) is 81.4 Å². The van der Waals surface area contributed by atoms with Crippen LogP contribution in [-0.4, -0.2) is 22.8 Å². The minimum atomic E-state index is -0.804. The summed E-state index contributed by atoms with van der Waals surface area (Å²) in [7, 11) is 0. The van der Waals surface area contributed by atoms with E-state index in [-0.39, 0.29) is 19.0 Å². The molecule has 0 radical (unpaired) electrons. The number of hydrogen-bond donors (Lipinski definition) is 1. The van der Waals surface area contributed by atoms with Crippen molar-refractivity contribution in [1.29, 1.82) is 0 Å². The largest absolute Gasteiger partial charge is 0.508 e. The van der Waals surface area contributed by atoms with Gasteiger partial charge in [-0.15, -0.1) is 10.1 Å². The van der Waals surface area contributed by atoms with Crippen molar-refractivity contribution in [1.82, 2.24) is 0 Å². The van der Waals surface area contributed by atoms with Gasteiger partial charge in [0.05, 0.1) is 6.61 Å². The van der Waals surface area contributed by atoms with Gasteiger partial charge in [0.2, 0.25) is 0 Å². The summed E-state index contributed by atoms with van der Waals surface area (Å²) in [5, 5.41) is 18.5. The molecule has 0 bridgehead atoms. The average molecular weight is 357 g/mol. The van der Waals surface area contributed by atoms with Crippen molar-refractivity contribution >= 4 is 12.0 Å². The highest BCUT2D eigenvalue weighted by Crippen LogP contribution is 2.12. The Bertz CT molecular complexity index is 770. The van der Waals surface area contributed by atoms with Crippen LogP contribution in [0.5, 0.6) is 5.75 Å². The van der Waals surface area contributed by atoms with Crippen LogP contribution in [0.2, 0.25) is 0 Å². The normalized spacial score (nSPS) is 10.6. The molecule has 0 atom stereocenters. The topological polar surface area (TPSA) is 98.9 Å². The lowest BCUT2D eigenvalue weighted by Crippen LogP contribution is -2.04. The number of hydrogen-bond acceptors (Lipinski definition) is 6. The zero-order chi connectivity index (χ0) is 18.8. The lowest BCUT2D eigenvalue weighted by molar-refractivity contribution is -0.757. The Kier molecular flexibility index (Phi) is 7.17. The van der Waals surface area contributed by atoms with E-state index in [1.807, 2.05) is 24.3 Å². The molecule has 0 aromatic heterocycles. The van der Waals surface area contributed by atoms with Crippen LogP contribution in [0, 0.1) is 10.1 Å². The first-order valence-electron chi connectivity index (χ1n) is 8.02. The summed E-state index contributed by atoms with van der Waals surface area (Å²) in [4.78, 5) is 26.1. The van der Waals surface area contributed by atoms with Crippen LogP contribution in [0.4, 0.5) is 0 Å². The molecule has 0 aliphatic carbocycles. The maximum absolute atomic E-state index is 11.8. The lowest BCUT2D eigenvalue weighted by Gasteiger charge is -2.06. The van der Waals surface area contributed by atoms with E-state index in [2.05, 4.69) is 4.84 Å². The van der Waals surface area contributed by atoms with Gasteiger partial charge < -0.3 is 14.7 Å². The summed E-state index contributed by atoms with van der Waals surface area (Å²) in [5.41, 5.74) is 2.60. The molecule has 0 aliphatic heterocycles. The second-order valence-electron chi connectivity index (χ2n) is 5.51. The van der Waals surface area contributed by atoms with Gasteiger partial charge >= 0.3 is 5.97 Å². The van der Waals surface area contributed by atoms with Crippen LogP contribution >= 0.6 is 0 Å². The minimum absolute atomic E-state index is 0.0499. The molecule has 7 heteroatoms. The minimum Gasteiger partial charge on any atom is -0.508 e. The average Bonchev–Trinajstić information content (AvgIpc) is 2.63. The Morgan fingerprint density at radius 1 is 1.15 bits per heavy atom. The first-order valence-corrected chi connectivity index (χ1v) is 8.02. The number of aromatic hydroxyl groups is 1. The van der Waals surface area contributed by atoms with Crippen LogP contribution in [0.3, 0.4) is 0 Å². The Hall–Kier alpha value is -3.35. The number of carbonyl (C=O) groups is 1. The molecule has 0 fully saturated rings. The number of nitrogens with zero attached hydrogens (tertiary/aromatic N) is 1. The number of rotatable bonds is 9. The zero-order valence-corrected chi connectivity index (χ0v) is 14.0. The predicted octanol–water partition coefficient (Wildman–Crippen LogP) is 3.29. The van der Waals surface area contributed by atoms with Gasteiger partial charge in [0.25, 0.3) is 5.09 Å². The molecule has 26 heavy (non-hydrogen) atoms. The number of phenolic OH excluding ortho intramolecular Hbond substituents is 1. The fourth-order valence-electron chi connectivity index (χ4n) is 2.24. The van der Waals surface area contributed by atoms with E-state index in [0.717, 1.165) is 16.7 Å². The molecule has 1 N–H and O–H groups in total. The predicted molar refractivity (Wildman–Crippen MR) is 94.6 cm³/mol. The fourth-order valence-corrected chi connectivity index (χ4v) is 2.24. The number of phenols is 1. The van der Waals surface area contributed by atoms with Gasteiger partial charge in [0, 0.05) is 6.08 Å². The molecule has 2 rings (SSSR count). The molecule has 0 saturated heterocycles. The first kappa shape index (κ1) is 19.0. The smallest absolute Gasteiger partial charge is 0.331 e. The van der Waals surface area contributed by atoms with Gasteiger partial charge in [-0.2, -0.15) is 0 Å². The summed E-state index contributed by atoms with van der Waals surface area (Å²) in [6.45, 7) is 0.187. The maximum Gasteiger partial charge on any atom is 0.331 e. The van der Waals surface area contributed by atoms with Crippen molar-refractivity contribution in [2.45, 2.75) is 19.4 Å². The van der Waals surface area contributed by atoms with Crippen molar-refractivity contribution in [3.63, 3.8) is 0 Å². The Morgan fingerprint density at radius 3 is 2.62 bits per heavy atom. The van der Waals surface area contributed by atoms with E-state index in [9.17, 15) is 20.0 Å². The Balaban J connectivity index is 1.79. The first-order chi connectivity index (χ1) is 12.5. The molecule has 0 heterocycles. The zero-order valence-electron chi connectivity index (χ0n) is 14.0. The summed E-state index contributed by atoms with van der Waals surface area (Å²) in [5.74, 6) is -0.308. The molecule has 2 aromatic rings. The number of benzene rings is 2. The van der Waals surface area contributed by atoms with E-state index in [0.29, 0.717) is 12.8 Å². The molecule has 0 unspecified atom stereocenters. The Morgan fingerprint density at radius 2 is 1.88 bits per heavy atom. The SMILES string of the molecule is O=C(/C=C/c1ccc(O)cc1)OCc1cccc(CCCO[N+](=O)[O-])c1. The van der Waals surface area contributed by atoms with E-state index in [1.54, 1.807) is 18.2 Å². The molecule has 0 aliphatic rings. The monoisotopic (exact) mass is 357 g/mol. The quantitative estimate of drug-likeness (QED) is 0.243. The molecule has 0 spiro atoms. The third-order valence-electron chi connectivity index (χ3n) is 3.48. The number of ether oxygens (including phenoxy) is 1. The molecule has 7 nitrogen and oxygen atoms in total. The summed E-state index contributed by atoms with van der Waals surface area (Å²) >= 11 is 0. The fraction of sp³-hybridized carbons (Fsp3) is 0.211. The third-order valence-corrected chi connectivity index (χ3v) is 3.48. The highest BCUT2D eigenvalue weighted by Gasteiger charge is 2.02. The van der Waals surface area contributed by atoms with Crippen molar-refractivity contribution in [2.75, 3.05) is 6.61 Å². The van der Waals surface area contributed by atoms with Crippen LogP contribution in [0.25, 0.3) is 6.08 Å². The van der Waals surface area contributed by atoms with Crippen LogP contribution < -0.4 is 0 Å². The molecular formula is C19H19NO6. The molecule has 2 aromatic carbocycles. The lowest BCUT2D eigenvalue weighted by atomic mass is 10.1. The highest BCUT2D eigenvalue weighted by molar-refractivity contribution is 5.87. The number of esters is 1. The number of aryl methyl sites for hydroxylation is 1. The van der Waals surface area contributed by atoms with E-state index < -0.39 is 11.1 Å². The Labute approximate surface area is 150 Å². The van der Waals surface area contributed by atoms with Crippen LogP contribution in [-0.2, 0) is 27.4 Å². The van der Waals surface area contributed by atoms with Crippen molar-refractivity contribution in [3.8, 4) is 5.75 Å². The van der Waals surface area contributed by atoms with Crippen molar-refractivity contribution in [2.24, 2.45) is 0 Å². The van der Waals surface area contributed by atoms with Gasteiger partial charge in [-0.05, 0) is 47.7 Å². The highest BCUT2D eigenvalue weighted by atomic mass is 16.9. The standard InChI is InChI=1S/C19H19NO6/c21-18-9-6-15(7-10-18)8-11-19(22)25-14-17-4-1-3-16(13-17)5-2-12-26-20(23)24/h1,3-4,6-11,13,21H,2,5,12,14H2/b11-8+. The van der Waals surface area contributed by atoms with Crippen LogP contribution in [0.15, 0.2) is 54.6 Å². The summed E-state index contributed by atoms with van der Waals surface area (Å²) in [6.07, 6.45) is 4.09. The molecule has 0 amide bonds. The van der Waals surface area contributed by atoms with Gasteiger partial charge in [0.15, 0.2) is 0 Å². The second-order valence-corrected chi connectivity index (χ2v) is 5.51. The van der Waals surface area contributed by atoms with E-state index in [4.69, 9.17) is 4.74 Å². The summed E-state index contributed by atoms with van der Waals surface area (Å²) < 4.78 is 5.20. The van der Waals surface area contributed by atoms with Gasteiger partial charge in [0.1, 0.15) is 12.4 Å². The molecule has 0 saturated carbocycles. The van der Waals surface area contributed by atoms with E-state index in [1.165, 1.54) is 18.2 Å². The van der Waals surface area contributed by atoms with Gasteiger partial charge in [-0.1, -0.05) is 36.4 Å². The number of carbonyl (C=O) groups excluding carboxylic acids is 1. The van der Waals surface area contributed by atoms with Gasteiger partial charge in [-0.3, -0.25) is 0 Å². The molecule has 136 valence electrons. The molecular weight excluding hydrogens is 338 g/mol. The van der Waals surface area contributed by atoms with E-state index >= 15 is 0 Å².